The molecule has 138 valence electrons. The van der Waals surface area contributed by atoms with E-state index in [1.54, 1.807) is 24.3 Å². The van der Waals surface area contributed by atoms with E-state index in [1.165, 1.54) is 0 Å². The van der Waals surface area contributed by atoms with E-state index in [-0.39, 0.29) is 6.10 Å². The fourth-order valence-corrected chi connectivity index (χ4v) is 2.15. The minimum Gasteiger partial charge on any atom is -0.484 e. The number of benzene rings is 2. The minimum atomic E-state index is -2.05. The van der Waals surface area contributed by atoms with Gasteiger partial charge in [0, 0.05) is 0 Å². The third-order valence-electron chi connectivity index (χ3n) is 3.76. The topological polar surface area (TPSA) is 108 Å². The number of urea groups is 1. The number of aliphatic hydroxyl groups is 1. The van der Waals surface area contributed by atoms with Crippen LogP contribution < -0.4 is 15.4 Å². The van der Waals surface area contributed by atoms with Gasteiger partial charge in [0.15, 0.2) is 5.60 Å². The third-order valence-corrected chi connectivity index (χ3v) is 3.76. The van der Waals surface area contributed by atoms with Crippen LogP contribution in [0.3, 0.4) is 0 Å². The molecule has 0 heterocycles. The van der Waals surface area contributed by atoms with Crippen LogP contribution in [0.4, 0.5) is 10.5 Å². The first-order valence-electron chi connectivity index (χ1n) is 8.11. The molecule has 7 heteroatoms. The molecule has 0 saturated carbocycles. The molecule has 0 aliphatic heterocycles. The van der Waals surface area contributed by atoms with Crippen LogP contribution in [0, 0.1) is 0 Å². The summed E-state index contributed by atoms with van der Waals surface area (Å²) in [6, 6.07) is 15.9. The Morgan fingerprint density at radius 1 is 1.12 bits per heavy atom. The molecule has 2 amide bonds. The van der Waals surface area contributed by atoms with Crippen LogP contribution in [0.1, 0.15) is 25.5 Å². The van der Waals surface area contributed by atoms with Gasteiger partial charge in [-0.3, -0.25) is 0 Å². The predicted octanol–water partition coefficient (Wildman–Crippen LogP) is 2.78. The highest BCUT2D eigenvalue weighted by Crippen LogP contribution is 2.28. The number of ether oxygens (including phenoxy) is 1. The molecule has 0 saturated heterocycles. The second kappa shape index (κ2) is 8.35. The van der Waals surface area contributed by atoms with E-state index in [2.05, 4.69) is 10.6 Å². The van der Waals surface area contributed by atoms with Crippen molar-refractivity contribution in [2.75, 3.05) is 11.9 Å². The molecular formula is C19H22N2O5. The maximum Gasteiger partial charge on any atom is 0.337 e. The lowest BCUT2D eigenvalue weighted by molar-refractivity contribution is -0.155. The average molecular weight is 358 g/mol. The Bertz CT molecular complexity index is 762. The summed E-state index contributed by atoms with van der Waals surface area (Å²) in [6.07, 6.45) is -0.227. The fraction of sp³-hybridized carbons (Fsp3) is 0.263. The van der Waals surface area contributed by atoms with Crippen LogP contribution in [0.5, 0.6) is 5.75 Å². The number of carboxylic acids is 1. The first-order valence-corrected chi connectivity index (χ1v) is 8.11. The maximum atomic E-state index is 12.0. The summed E-state index contributed by atoms with van der Waals surface area (Å²) in [5.41, 5.74) is -0.623. The van der Waals surface area contributed by atoms with Gasteiger partial charge in [0.2, 0.25) is 0 Å². The monoisotopic (exact) mass is 358 g/mol. The molecule has 7 nitrogen and oxygen atoms in total. The van der Waals surface area contributed by atoms with Crippen molar-refractivity contribution in [1.29, 1.82) is 0 Å². The van der Waals surface area contributed by atoms with Crippen LogP contribution in [0.15, 0.2) is 54.6 Å². The molecule has 0 bridgehead atoms. The van der Waals surface area contributed by atoms with Crippen molar-refractivity contribution in [1.82, 2.24) is 5.32 Å². The summed E-state index contributed by atoms with van der Waals surface area (Å²) in [4.78, 5) is 22.9. The zero-order valence-electron chi connectivity index (χ0n) is 14.6. The summed E-state index contributed by atoms with van der Waals surface area (Å²) < 4.78 is 5.93. The molecule has 2 rings (SSSR count). The Kier molecular flexibility index (Phi) is 6.19. The van der Waals surface area contributed by atoms with Gasteiger partial charge >= 0.3 is 12.0 Å². The SMILES string of the molecule is CC(Oc1ccccc1NC(=O)NCC(C)(O)C(=O)O)c1ccccc1. The number of hydrogen-bond acceptors (Lipinski definition) is 4. The number of anilines is 1. The van der Waals surface area contributed by atoms with Gasteiger partial charge in [0.05, 0.1) is 12.2 Å². The molecule has 0 aliphatic rings. The van der Waals surface area contributed by atoms with Gasteiger partial charge in [-0.15, -0.1) is 0 Å². The molecule has 2 unspecified atom stereocenters. The largest absolute Gasteiger partial charge is 0.484 e. The Morgan fingerprint density at radius 3 is 2.38 bits per heavy atom. The van der Waals surface area contributed by atoms with E-state index in [0.29, 0.717) is 11.4 Å². The van der Waals surface area contributed by atoms with Crippen LogP contribution in [-0.2, 0) is 4.79 Å². The van der Waals surface area contributed by atoms with Gasteiger partial charge in [-0.2, -0.15) is 0 Å². The highest BCUT2D eigenvalue weighted by Gasteiger charge is 2.30. The molecule has 0 aromatic heterocycles. The Morgan fingerprint density at radius 2 is 1.73 bits per heavy atom. The molecule has 2 aromatic carbocycles. The zero-order valence-corrected chi connectivity index (χ0v) is 14.6. The number of hydrogen-bond donors (Lipinski definition) is 4. The van der Waals surface area contributed by atoms with Crippen molar-refractivity contribution < 1.29 is 24.5 Å². The summed E-state index contributed by atoms with van der Waals surface area (Å²) in [7, 11) is 0. The summed E-state index contributed by atoms with van der Waals surface area (Å²) in [5, 5.41) is 23.4. The molecule has 4 N–H and O–H groups in total. The van der Waals surface area contributed by atoms with E-state index in [1.807, 2.05) is 37.3 Å². The van der Waals surface area contributed by atoms with Gasteiger partial charge in [-0.1, -0.05) is 42.5 Å². The van der Waals surface area contributed by atoms with Crippen molar-refractivity contribution in [3.63, 3.8) is 0 Å². The summed E-state index contributed by atoms with van der Waals surface area (Å²) in [5.74, 6) is -0.942. The average Bonchev–Trinajstić information content (AvgIpc) is 2.62. The standard InChI is InChI=1S/C19H22N2O5/c1-13(14-8-4-3-5-9-14)26-16-11-7-6-10-15(16)21-18(24)20-12-19(2,25)17(22)23/h3-11,13,25H,12H2,1-2H3,(H,22,23)(H2,20,21,24). The molecule has 2 atom stereocenters. The molecule has 0 aliphatic carbocycles. The summed E-state index contributed by atoms with van der Waals surface area (Å²) in [6.45, 7) is 2.57. The minimum absolute atomic E-state index is 0.227. The normalized spacial score (nSPS) is 14.0. The molecule has 26 heavy (non-hydrogen) atoms. The lowest BCUT2D eigenvalue weighted by atomic mass is 10.1. The number of carbonyl (C=O) groups is 2. The third kappa shape index (κ3) is 5.22. The highest BCUT2D eigenvalue weighted by molar-refractivity contribution is 5.91. The fourth-order valence-electron chi connectivity index (χ4n) is 2.15. The first-order chi connectivity index (χ1) is 12.3. The van der Waals surface area contributed by atoms with Crippen LogP contribution in [-0.4, -0.2) is 34.4 Å². The quantitative estimate of drug-likeness (QED) is 0.609. The summed E-state index contributed by atoms with van der Waals surface area (Å²) >= 11 is 0. The second-order valence-corrected chi connectivity index (χ2v) is 6.05. The van der Waals surface area contributed by atoms with Gasteiger partial charge < -0.3 is 25.6 Å². The molecule has 0 spiro atoms. The number of para-hydroxylation sites is 2. The second-order valence-electron chi connectivity index (χ2n) is 6.05. The van der Waals surface area contributed by atoms with Crippen molar-refractivity contribution in [2.45, 2.75) is 25.6 Å². The Hall–Kier alpha value is -3.06. The molecule has 0 fully saturated rings. The van der Waals surface area contributed by atoms with Crippen molar-refractivity contribution >= 4 is 17.7 Å². The number of nitrogens with one attached hydrogen (secondary N) is 2. The Balaban J connectivity index is 2.02. The predicted molar refractivity (Wildman–Crippen MR) is 97.2 cm³/mol. The van der Waals surface area contributed by atoms with Gasteiger partial charge in [-0.25, -0.2) is 9.59 Å². The number of carbonyl (C=O) groups excluding carboxylic acids is 1. The van der Waals surface area contributed by atoms with Gasteiger partial charge in [-0.05, 0) is 31.5 Å². The van der Waals surface area contributed by atoms with Gasteiger partial charge in [0.1, 0.15) is 11.9 Å². The smallest absolute Gasteiger partial charge is 0.337 e. The molecule has 0 radical (unpaired) electrons. The van der Waals surface area contributed by atoms with E-state index in [4.69, 9.17) is 9.84 Å². The van der Waals surface area contributed by atoms with E-state index in [0.717, 1.165) is 12.5 Å². The van der Waals surface area contributed by atoms with E-state index in [9.17, 15) is 14.7 Å². The molecular weight excluding hydrogens is 336 g/mol. The van der Waals surface area contributed by atoms with E-state index < -0.39 is 24.1 Å². The number of rotatable bonds is 7. The van der Waals surface area contributed by atoms with Crippen molar-refractivity contribution in [3.05, 3.63) is 60.2 Å². The zero-order chi connectivity index (χ0) is 19.2. The number of carboxylic acid groups (broad SMARTS) is 1. The van der Waals surface area contributed by atoms with E-state index >= 15 is 0 Å². The van der Waals surface area contributed by atoms with Crippen LogP contribution in [0.25, 0.3) is 0 Å². The molecule has 2 aromatic rings. The number of amides is 2. The van der Waals surface area contributed by atoms with Crippen molar-refractivity contribution in [3.8, 4) is 5.75 Å². The maximum absolute atomic E-state index is 12.0. The first kappa shape index (κ1) is 19.3. The Labute approximate surface area is 151 Å². The van der Waals surface area contributed by atoms with Crippen LogP contribution >= 0.6 is 0 Å². The van der Waals surface area contributed by atoms with Gasteiger partial charge in [0.25, 0.3) is 0 Å². The van der Waals surface area contributed by atoms with Crippen molar-refractivity contribution in [2.24, 2.45) is 0 Å². The lowest BCUT2D eigenvalue weighted by Crippen LogP contribution is -2.47. The lowest BCUT2D eigenvalue weighted by Gasteiger charge is -2.20. The van der Waals surface area contributed by atoms with Crippen LogP contribution in [0.2, 0.25) is 0 Å². The highest BCUT2D eigenvalue weighted by atomic mass is 16.5. The number of aliphatic carboxylic acids is 1.